The fourth-order valence-corrected chi connectivity index (χ4v) is 4.10. The van der Waals surface area contributed by atoms with Gasteiger partial charge in [-0.25, -0.2) is 13.1 Å². The van der Waals surface area contributed by atoms with Gasteiger partial charge in [-0.2, -0.15) is 0 Å². The number of benzene rings is 2. The minimum absolute atomic E-state index is 0.0618. The van der Waals surface area contributed by atoms with Crippen LogP contribution in [0.5, 0.6) is 0 Å². The zero-order valence-electron chi connectivity index (χ0n) is 15.8. The second kappa shape index (κ2) is 9.49. The highest BCUT2D eigenvalue weighted by molar-refractivity contribution is 7.89. The highest BCUT2D eigenvalue weighted by atomic mass is 32.2. The van der Waals surface area contributed by atoms with E-state index in [0.29, 0.717) is 21.8 Å². The molecule has 3 rings (SSSR count). The maximum atomic E-state index is 12.4. The molecule has 0 aliphatic rings. The van der Waals surface area contributed by atoms with E-state index in [1.54, 1.807) is 36.4 Å². The molecule has 1 aromatic heterocycles. The normalized spacial score (nSPS) is 10.9. The fourth-order valence-electron chi connectivity index (χ4n) is 2.48. The summed E-state index contributed by atoms with van der Waals surface area (Å²) in [6.45, 7) is 3.58. The van der Waals surface area contributed by atoms with Gasteiger partial charge in [0.2, 0.25) is 10.0 Å². The molecule has 0 atom stereocenters. The van der Waals surface area contributed by atoms with E-state index in [0.717, 1.165) is 0 Å². The number of anilines is 2. The van der Waals surface area contributed by atoms with Gasteiger partial charge in [-0.1, -0.05) is 12.1 Å². The molecule has 1 heterocycles. The van der Waals surface area contributed by atoms with Crippen molar-refractivity contribution in [3.8, 4) is 0 Å². The Morgan fingerprint density at radius 1 is 0.900 bits per heavy atom. The molecule has 2 aromatic carbocycles. The second-order valence-corrected chi connectivity index (χ2v) is 8.84. The van der Waals surface area contributed by atoms with Crippen LogP contribution in [0.3, 0.4) is 0 Å². The maximum Gasteiger partial charge on any atom is 0.265 e. The number of sulfonamides is 1. The van der Waals surface area contributed by atoms with Gasteiger partial charge < -0.3 is 10.6 Å². The summed E-state index contributed by atoms with van der Waals surface area (Å²) in [5.41, 5.74) is 1.46. The molecule has 2 amide bonds. The standard InChI is InChI=1S/C21H19N3O4S2/c1-2-13-22-30(27,28)18-11-5-15(6-12-18)20(25)23-16-7-9-17(10-8-16)24-21(26)19-4-3-14-29-19/h2-12,14,22H,1,13H2,(H,23,25)(H,24,26). The molecule has 0 aliphatic heterocycles. The van der Waals surface area contributed by atoms with Gasteiger partial charge >= 0.3 is 0 Å². The second-order valence-electron chi connectivity index (χ2n) is 6.13. The van der Waals surface area contributed by atoms with Crippen molar-refractivity contribution in [3.63, 3.8) is 0 Å². The van der Waals surface area contributed by atoms with Gasteiger partial charge in [-0.05, 0) is 60.0 Å². The summed E-state index contributed by atoms with van der Waals surface area (Å²) in [5, 5.41) is 7.34. The van der Waals surface area contributed by atoms with Crippen LogP contribution in [0.4, 0.5) is 11.4 Å². The zero-order chi connectivity index (χ0) is 21.6. The van der Waals surface area contributed by atoms with E-state index in [2.05, 4.69) is 21.9 Å². The van der Waals surface area contributed by atoms with Crippen molar-refractivity contribution in [2.75, 3.05) is 17.2 Å². The van der Waals surface area contributed by atoms with Crippen LogP contribution in [0.25, 0.3) is 0 Å². The van der Waals surface area contributed by atoms with E-state index in [9.17, 15) is 18.0 Å². The molecule has 7 nitrogen and oxygen atoms in total. The molecule has 0 unspecified atom stereocenters. The van der Waals surface area contributed by atoms with Gasteiger partial charge in [0.25, 0.3) is 11.8 Å². The van der Waals surface area contributed by atoms with Crippen molar-refractivity contribution in [3.05, 3.63) is 89.1 Å². The van der Waals surface area contributed by atoms with Gasteiger partial charge in [0, 0.05) is 23.5 Å². The molecule has 0 saturated carbocycles. The number of rotatable bonds is 8. The minimum Gasteiger partial charge on any atom is -0.322 e. The predicted molar refractivity (Wildman–Crippen MR) is 118 cm³/mol. The smallest absolute Gasteiger partial charge is 0.265 e. The van der Waals surface area contributed by atoms with E-state index in [4.69, 9.17) is 0 Å². The maximum absolute atomic E-state index is 12.4. The molecule has 9 heteroatoms. The Morgan fingerprint density at radius 3 is 2.03 bits per heavy atom. The Labute approximate surface area is 178 Å². The summed E-state index contributed by atoms with van der Waals surface area (Å²) in [5.74, 6) is -0.576. The van der Waals surface area contributed by atoms with Crippen molar-refractivity contribution in [1.82, 2.24) is 4.72 Å². The highest BCUT2D eigenvalue weighted by Crippen LogP contribution is 2.18. The summed E-state index contributed by atoms with van der Waals surface area (Å²) >= 11 is 1.35. The molecule has 0 spiro atoms. The fraction of sp³-hybridized carbons (Fsp3) is 0.0476. The first kappa shape index (κ1) is 21.4. The minimum atomic E-state index is -3.64. The summed E-state index contributed by atoms with van der Waals surface area (Å²) in [6, 6.07) is 15.8. The lowest BCUT2D eigenvalue weighted by Gasteiger charge is -2.09. The number of carbonyl (C=O) groups excluding carboxylic acids is 2. The van der Waals surface area contributed by atoms with Gasteiger partial charge in [-0.3, -0.25) is 9.59 Å². The predicted octanol–water partition coefficient (Wildman–Crippen LogP) is 3.72. The van der Waals surface area contributed by atoms with Crippen LogP contribution < -0.4 is 15.4 Å². The van der Waals surface area contributed by atoms with E-state index < -0.39 is 10.0 Å². The third-order valence-corrected chi connectivity index (χ3v) is 6.30. The van der Waals surface area contributed by atoms with Crippen molar-refractivity contribution in [1.29, 1.82) is 0 Å². The van der Waals surface area contributed by atoms with Crippen LogP contribution >= 0.6 is 11.3 Å². The van der Waals surface area contributed by atoms with Crippen molar-refractivity contribution in [2.45, 2.75) is 4.90 Å². The molecule has 3 aromatic rings. The molecule has 0 fully saturated rings. The Bertz CT molecular complexity index is 1140. The van der Waals surface area contributed by atoms with Crippen LogP contribution in [0.15, 0.2) is 83.6 Å². The van der Waals surface area contributed by atoms with Crippen LogP contribution in [-0.2, 0) is 10.0 Å². The van der Waals surface area contributed by atoms with E-state index in [1.165, 1.54) is 41.7 Å². The Hall–Kier alpha value is -3.27. The third-order valence-electron chi connectivity index (χ3n) is 3.99. The van der Waals surface area contributed by atoms with Crippen LogP contribution in [-0.4, -0.2) is 26.8 Å². The van der Waals surface area contributed by atoms with Crippen LogP contribution in [0.1, 0.15) is 20.0 Å². The molecule has 154 valence electrons. The SMILES string of the molecule is C=CCNS(=O)(=O)c1ccc(C(=O)Nc2ccc(NC(=O)c3cccs3)cc2)cc1. The third kappa shape index (κ3) is 5.41. The quantitative estimate of drug-likeness (QED) is 0.464. The molecule has 0 aliphatic carbocycles. The largest absolute Gasteiger partial charge is 0.322 e. The number of carbonyl (C=O) groups is 2. The van der Waals surface area contributed by atoms with E-state index in [-0.39, 0.29) is 23.3 Å². The summed E-state index contributed by atoms with van der Waals surface area (Å²) in [7, 11) is -3.64. The molecule has 0 saturated heterocycles. The number of amides is 2. The van der Waals surface area contributed by atoms with Gasteiger partial charge in [0.1, 0.15) is 0 Å². The Kier molecular flexibility index (Phi) is 6.78. The topological polar surface area (TPSA) is 104 Å². The summed E-state index contributed by atoms with van der Waals surface area (Å²) < 4.78 is 26.5. The average Bonchev–Trinajstić information content (AvgIpc) is 3.29. The first-order valence-electron chi connectivity index (χ1n) is 8.86. The van der Waals surface area contributed by atoms with Gasteiger partial charge in [-0.15, -0.1) is 17.9 Å². The van der Waals surface area contributed by atoms with Gasteiger partial charge in [0.15, 0.2) is 0 Å². The van der Waals surface area contributed by atoms with Crippen molar-refractivity contribution >= 4 is 44.5 Å². The Balaban J connectivity index is 1.61. The first-order valence-corrected chi connectivity index (χ1v) is 11.2. The molecule has 0 bridgehead atoms. The number of thiophene rings is 1. The number of hydrogen-bond acceptors (Lipinski definition) is 5. The summed E-state index contributed by atoms with van der Waals surface area (Å²) in [6.07, 6.45) is 1.44. The van der Waals surface area contributed by atoms with E-state index in [1.807, 2.05) is 5.38 Å². The highest BCUT2D eigenvalue weighted by Gasteiger charge is 2.14. The lowest BCUT2D eigenvalue weighted by atomic mass is 10.2. The Morgan fingerprint density at radius 2 is 1.50 bits per heavy atom. The van der Waals surface area contributed by atoms with Crippen molar-refractivity contribution < 1.29 is 18.0 Å². The lowest BCUT2D eigenvalue weighted by Crippen LogP contribution is -2.23. The number of nitrogens with one attached hydrogen (secondary N) is 3. The van der Waals surface area contributed by atoms with E-state index >= 15 is 0 Å². The lowest BCUT2D eigenvalue weighted by molar-refractivity contribution is 0.102. The summed E-state index contributed by atoms with van der Waals surface area (Å²) in [4.78, 5) is 25.1. The van der Waals surface area contributed by atoms with Gasteiger partial charge in [0.05, 0.1) is 9.77 Å². The molecular weight excluding hydrogens is 422 g/mol. The molecular formula is C21H19N3O4S2. The van der Waals surface area contributed by atoms with Crippen molar-refractivity contribution in [2.24, 2.45) is 0 Å². The van der Waals surface area contributed by atoms with Crippen LogP contribution in [0.2, 0.25) is 0 Å². The average molecular weight is 442 g/mol. The zero-order valence-corrected chi connectivity index (χ0v) is 17.4. The molecule has 0 radical (unpaired) electrons. The molecule has 30 heavy (non-hydrogen) atoms. The van der Waals surface area contributed by atoms with Crippen LogP contribution in [0, 0.1) is 0 Å². The number of hydrogen-bond donors (Lipinski definition) is 3. The monoisotopic (exact) mass is 441 g/mol. The first-order chi connectivity index (χ1) is 14.4. The molecule has 3 N–H and O–H groups in total.